The minimum Gasteiger partial charge on any atom is -0.314 e. The number of benzene rings is 1. The van der Waals surface area contributed by atoms with Gasteiger partial charge in [0.2, 0.25) is 0 Å². The van der Waals surface area contributed by atoms with Gasteiger partial charge in [0.25, 0.3) is 0 Å². The van der Waals surface area contributed by atoms with Gasteiger partial charge in [-0.3, -0.25) is 4.90 Å². The molecule has 0 spiro atoms. The van der Waals surface area contributed by atoms with Crippen molar-refractivity contribution >= 4 is 24.2 Å². The maximum absolute atomic E-state index is 13.3. The molecule has 21 heavy (non-hydrogen) atoms. The highest BCUT2D eigenvalue weighted by Crippen LogP contribution is 2.37. The van der Waals surface area contributed by atoms with Gasteiger partial charge in [0.05, 0.1) is 6.04 Å². The van der Waals surface area contributed by atoms with Crippen molar-refractivity contribution in [3.8, 4) is 0 Å². The van der Waals surface area contributed by atoms with Crippen molar-refractivity contribution < 1.29 is 17.6 Å². The zero-order valence-electron chi connectivity index (χ0n) is 11.2. The summed E-state index contributed by atoms with van der Waals surface area (Å²) in [7, 11) is 0. The Morgan fingerprint density at radius 3 is 2.19 bits per heavy atom. The van der Waals surface area contributed by atoms with E-state index in [1.807, 2.05) is 4.90 Å². The predicted octanol–water partition coefficient (Wildman–Crippen LogP) is 3.64. The molecule has 0 saturated carbocycles. The van der Waals surface area contributed by atoms with Crippen LogP contribution in [0, 0.1) is 0 Å². The smallest absolute Gasteiger partial charge is 0.314 e. The molecule has 1 aliphatic heterocycles. The minimum atomic E-state index is -4.29. The van der Waals surface area contributed by atoms with E-state index in [2.05, 4.69) is 5.32 Å². The first-order chi connectivity index (χ1) is 9.49. The number of hydrogen-bond donors (Lipinski definition) is 1. The third-order valence-electron chi connectivity index (χ3n) is 3.24. The Morgan fingerprint density at radius 2 is 1.71 bits per heavy atom. The quantitative estimate of drug-likeness (QED) is 0.663. The second kappa shape index (κ2) is 8.22. The van der Waals surface area contributed by atoms with Crippen LogP contribution in [0.15, 0.2) is 29.2 Å². The highest BCUT2D eigenvalue weighted by Gasteiger charge is 2.29. The van der Waals surface area contributed by atoms with Crippen molar-refractivity contribution in [3.63, 3.8) is 0 Å². The molecule has 2 nitrogen and oxygen atoms in total. The molecule has 0 aromatic heterocycles. The Bertz CT molecular complexity index is 421. The topological polar surface area (TPSA) is 15.3 Å². The van der Waals surface area contributed by atoms with Crippen molar-refractivity contribution in [2.45, 2.75) is 16.4 Å². The van der Waals surface area contributed by atoms with Crippen LogP contribution in [0.3, 0.4) is 0 Å². The van der Waals surface area contributed by atoms with Crippen LogP contribution in [0.5, 0.6) is 0 Å². The lowest BCUT2D eigenvalue weighted by Gasteiger charge is -2.33. The Labute approximate surface area is 131 Å². The van der Waals surface area contributed by atoms with Gasteiger partial charge in [0.15, 0.2) is 0 Å². The van der Waals surface area contributed by atoms with Crippen LogP contribution >= 0.6 is 24.2 Å². The number of hydrogen-bond acceptors (Lipinski definition) is 3. The standard InChI is InChI=1S/C13H16F4N2S.ClH/c14-9-12(19-7-5-18-6-8-19)10-1-3-11(4-2-10)20-13(15,16)17;/h1-4,12,18H,5-9H2;1H/t12-;/m1./s1. The molecule has 0 radical (unpaired) electrons. The maximum atomic E-state index is 13.3. The summed E-state index contributed by atoms with van der Waals surface area (Å²) in [6, 6.07) is 5.60. The molecule has 1 aliphatic rings. The molecule has 1 aromatic rings. The molecule has 1 fully saturated rings. The number of piperazine rings is 1. The van der Waals surface area contributed by atoms with Crippen molar-refractivity contribution in [1.29, 1.82) is 0 Å². The number of rotatable bonds is 4. The summed E-state index contributed by atoms with van der Waals surface area (Å²) >= 11 is -0.153. The summed E-state index contributed by atoms with van der Waals surface area (Å²) in [6.45, 7) is 2.56. The lowest BCUT2D eigenvalue weighted by molar-refractivity contribution is -0.0328. The Kier molecular flexibility index (Phi) is 7.26. The Balaban J connectivity index is 0.00000220. The first-order valence-corrected chi connectivity index (χ1v) is 7.18. The van der Waals surface area contributed by atoms with Crippen LogP contribution in [0.1, 0.15) is 11.6 Å². The van der Waals surface area contributed by atoms with Gasteiger partial charge >= 0.3 is 5.51 Å². The molecule has 1 heterocycles. The van der Waals surface area contributed by atoms with Gasteiger partial charge < -0.3 is 5.32 Å². The Hall–Kier alpha value is -0.500. The van der Waals surface area contributed by atoms with Crippen LogP contribution < -0.4 is 5.32 Å². The first-order valence-electron chi connectivity index (χ1n) is 6.36. The molecular formula is C13H17ClF4N2S. The van der Waals surface area contributed by atoms with Gasteiger partial charge in [-0.2, -0.15) is 13.2 Å². The summed E-state index contributed by atoms with van der Waals surface area (Å²) in [6.07, 6.45) is 0. The van der Waals surface area contributed by atoms with Gasteiger partial charge in [0, 0.05) is 31.1 Å². The monoisotopic (exact) mass is 344 g/mol. The van der Waals surface area contributed by atoms with E-state index in [0.717, 1.165) is 31.7 Å². The van der Waals surface area contributed by atoms with E-state index in [1.165, 1.54) is 12.1 Å². The lowest BCUT2D eigenvalue weighted by Crippen LogP contribution is -2.45. The number of thioether (sulfide) groups is 1. The number of alkyl halides is 4. The summed E-state index contributed by atoms with van der Waals surface area (Å²) in [5.74, 6) is 0. The van der Waals surface area contributed by atoms with E-state index in [0.29, 0.717) is 0 Å². The van der Waals surface area contributed by atoms with E-state index in [-0.39, 0.29) is 35.1 Å². The first kappa shape index (κ1) is 18.5. The number of nitrogens with one attached hydrogen (secondary N) is 1. The molecular weight excluding hydrogens is 328 g/mol. The van der Waals surface area contributed by atoms with E-state index < -0.39 is 12.2 Å². The van der Waals surface area contributed by atoms with Gasteiger partial charge in [-0.1, -0.05) is 12.1 Å². The van der Waals surface area contributed by atoms with Crippen LogP contribution in [-0.2, 0) is 0 Å². The third-order valence-corrected chi connectivity index (χ3v) is 3.98. The van der Waals surface area contributed by atoms with Gasteiger partial charge in [-0.25, -0.2) is 4.39 Å². The number of nitrogens with zero attached hydrogens (tertiary/aromatic N) is 1. The highest BCUT2D eigenvalue weighted by atomic mass is 35.5. The zero-order valence-corrected chi connectivity index (χ0v) is 12.8. The van der Waals surface area contributed by atoms with Gasteiger partial charge in [0.1, 0.15) is 6.67 Å². The molecule has 8 heteroatoms. The van der Waals surface area contributed by atoms with Crippen molar-refractivity contribution in [2.24, 2.45) is 0 Å². The average Bonchev–Trinajstić information content (AvgIpc) is 2.41. The molecule has 120 valence electrons. The molecule has 0 bridgehead atoms. The van der Waals surface area contributed by atoms with Crippen molar-refractivity contribution in [2.75, 3.05) is 32.9 Å². The van der Waals surface area contributed by atoms with Crippen LogP contribution in [0.25, 0.3) is 0 Å². The zero-order chi connectivity index (χ0) is 14.6. The molecule has 1 saturated heterocycles. The van der Waals surface area contributed by atoms with E-state index in [4.69, 9.17) is 0 Å². The molecule has 0 amide bonds. The van der Waals surface area contributed by atoms with E-state index >= 15 is 0 Å². The summed E-state index contributed by atoms with van der Waals surface area (Å²) in [4.78, 5) is 2.14. The molecule has 1 aromatic carbocycles. The van der Waals surface area contributed by atoms with Crippen LogP contribution in [0.2, 0.25) is 0 Å². The van der Waals surface area contributed by atoms with E-state index in [1.54, 1.807) is 12.1 Å². The second-order valence-corrected chi connectivity index (χ2v) is 5.71. The molecule has 2 rings (SSSR count). The van der Waals surface area contributed by atoms with Crippen LogP contribution in [-0.4, -0.2) is 43.3 Å². The fraction of sp³-hybridized carbons (Fsp3) is 0.538. The second-order valence-electron chi connectivity index (χ2n) is 4.57. The SMILES string of the molecule is Cl.FC[C@H](c1ccc(SC(F)(F)F)cc1)N1CCNCC1. The average molecular weight is 345 g/mol. The van der Waals surface area contributed by atoms with Crippen molar-refractivity contribution in [1.82, 2.24) is 10.2 Å². The van der Waals surface area contributed by atoms with E-state index in [9.17, 15) is 17.6 Å². The number of halogens is 5. The Morgan fingerprint density at radius 1 is 1.14 bits per heavy atom. The maximum Gasteiger partial charge on any atom is 0.446 e. The van der Waals surface area contributed by atoms with Crippen molar-refractivity contribution in [3.05, 3.63) is 29.8 Å². The lowest BCUT2D eigenvalue weighted by atomic mass is 10.1. The molecule has 0 unspecified atom stereocenters. The largest absolute Gasteiger partial charge is 0.446 e. The molecule has 1 N–H and O–H groups in total. The predicted molar refractivity (Wildman–Crippen MR) is 78.8 cm³/mol. The summed E-state index contributed by atoms with van der Waals surface area (Å²) in [5.41, 5.74) is -3.57. The minimum absolute atomic E-state index is 0. The summed E-state index contributed by atoms with van der Waals surface area (Å²) < 4.78 is 50.0. The van der Waals surface area contributed by atoms with Crippen LogP contribution in [0.4, 0.5) is 17.6 Å². The molecule has 0 aliphatic carbocycles. The summed E-state index contributed by atoms with van der Waals surface area (Å²) in [5, 5.41) is 3.19. The van der Waals surface area contributed by atoms with Gasteiger partial charge in [-0.05, 0) is 29.5 Å². The normalized spacial score (nSPS) is 18.1. The third kappa shape index (κ3) is 5.65. The fourth-order valence-electron chi connectivity index (χ4n) is 2.28. The highest BCUT2D eigenvalue weighted by molar-refractivity contribution is 8.00. The fourth-order valence-corrected chi connectivity index (χ4v) is 2.82. The molecule has 1 atom stereocenters. The van der Waals surface area contributed by atoms with Gasteiger partial charge in [-0.15, -0.1) is 12.4 Å².